The molecule has 1 amide bonds. The van der Waals surface area contributed by atoms with Crippen LogP contribution in [-0.2, 0) is 10.4 Å². The molecule has 0 aliphatic carbocycles. The highest BCUT2D eigenvalue weighted by molar-refractivity contribution is 6.00. The van der Waals surface area contributed by atoms with Gasteiger partial charge in [-0.1, -0.05) is 0 Å². The van der Waals surface area contributed by atoms with E-state index in [-0.39, 0.29) is 12.5 Å². The minimum Gasteiger partial charge on any atom is -0.384 e. The summed E-state index contributed by atoms with van der Waals surface area (Å²) in [6, 6.07) is 3.58. The maximum absolute atomic E-state index is 11.7. The molecule has 2 aromatic heterocycles. The lowest BCUT2D eigenvalue weighted by Gasteiger charge is -2.24. The van der Waals surface area contributed by atoms with Crippen LogP contribution in [0.15, 0.2) is 24.5 Å². The van der Waals surface area contributed by atoms with Crippen LogP contribution in [0.3, 0.4) is 0 Å². The van der Waals surface area contributed by atoms with Crippen molar-refractivity contribution in [3.8, 4) is 11.3 Å². The van der Waals surface area contributed by atoms with Crippen molar-refractivity contribution in [1.29, 1.82) is 0 Å². The molecule has 0 unspecified atom stereocenters. The summed E-state index contributed by atoms with van der Waals surface area (Å²) >= 11 is 0. The summed E-state index contributed by atoms with van der Waals surface area (Å²) < 4.78 is 0. The van der Waals surface area contributed by atoms with Crippen molar-refractivity contribution in [2.45, 2.75) is 19.4 Å². The van der Waals surface area contributed by atoms with Crippen molar-refractivity contribution < 1.29 is 9.90 Å². The third-order valence-corrected chi connectivity index (χ3v) is 3.54. The third-order valence-electron chi connectivity index (χ3n) is 3.54. The summed E-state index contributed by atoms with van der Waals surface area (Å²) in [4.78, 5) is 26.3. The molecule has 0 spiro atoms. The van der Waals surface area contributed by atoms with Crippen LogP contribution in [0.5, 0.6) is 0 Å². The van der Waals surface area contributed by atoms with Crippen LogP contribution < -0.4 is 10.2 Å². The van der Waals surface area contributed by atoms with Crippen molar-refractivity contribution in [3.05, 3.63) is 30.2 Å². The highest BCUT2D eigenvalue weighted by Gasteiger charge is 2.24. The molecule has 0 atom stereocenters. The Balaban J connectivity index is 1.98. The van der Waals surface area contributed by atoms with Crippen molar-refractivity contribution >= 4 is 17.5 Å². The number of nitrogens with one attached hydrogen (secondary N) is 1. The minimum absolute atomic E-state index is 0.0607. The van der Waals surface area contributed by atoms with E-state index in [1.54, 1.807) is 39.4 Å². The van der Waals surface area contributed by atoms with Gasteiger partial charge in [-0.15, -0.1) is 0 Å². The molecule has 2 aromatic rings. The van der Waals surface area contributed by atoms with E-state index in [2.05, 4.69) is 20.3 Å². The Morgan fingerprint density at radius 2 is 2.05 bits per heavy atom. The summed E-state index contributed by atoms with van der Waals surface area (Å²) in [7, 11) is 1.68. The highest BCUT2D eigenvalue weighted by atomic mass is 16.3. The smallest absolute Gasteiger partial charge is 0.247 e. The molecule has 1 aliphatic rings. The van der Waals surface area contributed by atoms with E-state index in [0.717, 1.165) is 5.56 Å². The fourth-order valence-electron chi connectivity index (χ4n) is 2.18. The maximum Gasteiger partial charge on any atom is 0.247 e. The first-order valence-electron chi connectivity index (χ1n) is 6.93. The van der Waals surface area contributed by atoms with Gasteiger partial charge in [-0.05, 0) is 26.0 Å². The molecule has 0 bridgehead atoms. The molecule has 0 saturated carbocycles. The number of fused-ring (bicyclic) bond motifs is 1. The lowest BCUT2D eigenvalue weighted by molar-refractivity contribution is -0.116. The van der Waals surface area contributed by atoms with Gasteiger partial charge in [-0.25, -0.2) is 9.97 Å². The molecule has 114 valence electrons. The number of anilines is 2. The fourth-order valence-corrected chi connectivity index (χ4v) is 2.18. The van der Waals surface area contributed by atoms with E-state index in [4.69, 9.17) is 0 Å². The Hall–Kier alpha value is -2.54. The summed E-state index contributed by atoms with van der Waals surface area (Å²) in [5.41, 5.74) is 0.985. The van der Waals surface area contributed by atoms with Crippen molar-refractivity contribution in [2.24, 2.45) is 0 Å². The van der Waals surface area contributed by atoms with Crippen LogP contribution in [0.25, 0.3) is 11.3 Å². The zero-order valence-corrected chi connectivity index (χ0v) is 12.7. The van der Waals surface area contributed by atoms with Crippen LogP contribution in [0.1, 0.15) is 19.5 Å². The number of aliphatic hydroxyl groups is 1. The molecule has 1 aliphatic heterocycles. The van der Waals surface area contributed by atoms with Crippen LogP contribution >= 0.6 is 0 Å². The largest absolute Gasteiger partial charge is 0.384 e. The van der Waals surface area contributed by atoms with E-state index in [1.165, 1.54) is 4.90 Å². The molecular weight excluding hydrogens is 282 g/mol. The van der Waals surface area contributed by atoms with E-state index in [0.29, 0.717) is 23.0 Å². The molecular formula is C15H17N5O2. The summed E-state index contributed by atoms with van der Waals surface area (Å²) in [5.74, 6) is 1.03. The quantitative estimate of drug-likeness (QED) is 0.864. The van der Waals surface area contributed by atoms with Crippen LogP contribution in [0, 0.1) is 0 Å². The average molecular weight is 299 g/mol. The van der Waals surface area contributed by atoms with Gasteiger partial charge in [0.05, 0.1) is 24.1 Å². The standard InChI is InChI=1S/C15H17N5O2/c1-15(2,22)11-5-4-9(6-16-11)10-7-17-13-14(19-10)20(3)12(21)8-18-13/h4-7,22H,8H2,1-3H3,(H,17,18). The molecule has 0 radical (unpaired) electrons. The van der Waals surface area contributed by atoms with Gasteiger partial charge >= 0.3 is 0 Å². The van der Waals surface area contributed by atoms with Crippen LogP contribution in [0.4, 0.5) is 11.6 Å². The number of likely N-dealkylation sites (N-methyl/N-ethyl adjacent to an activating group) is 1. The molecule has 3 heterocycles. The Morgan fingerprint density at radius 1 is 1.27 bits per heavy atom. The second kappa shape index (κ2) is 5.03. The number of nitrogens with zero attached hydrogens (tertiary/aromatic N) is 4. The fraction of sp³-hybridized carbons (Fsp3) is 0.333. The zero-order valence-electron chi connectivity index (χ0n) is 12.7. The second-order valence-electron chi connectivity index (χ2n) is 5.72. The van der Waals surface area contributed by atoms with E-state index in [9.17, 15) is 9.90 Å². The minimum atomic E-state index is -0.989. The first-order valence-corrected chi connectivity index (χ1v) is 6.93. The van der Waals surface area contributed by atoms with Gasteiger partial charge in [0.15, 0.2) is 11.6 Å². The molecule has 22 heavy (non-hydrogen) atoms. The van der Waals surface area contributed by atoms with Crippen molar-refractivity contribution in [2.75, 3.05) is 23.8 Å². The zero-order chi connectivity index (χ0) is 15.9. The van der Waals surface area contributed by atoms with Crippen LogP contribution in [0.2, 0.25) is 0 Å². The van der Waals surface area contributed by atoms with Gasteiger partial charge in [0.2, 0.25) is 5.91 Å². The number of carbonyl (C=O) groups is 1. The number of amides is 1. The molecule has 3 rings (SSSR count). The Labute approximate surface area is 128 Å². The molecule has 2 N–H and O–H groups in total. The van der Waals surface area contributed by atoms with Gasteiger partial charge in [0.25, 0.3) is 0 Å². The van der Waals surface area contributed by atoms with Crippen molar-refractivity contribution in [3.63, 3.8) is 0 Å². The van der Waals surface area contributed by atoms with Gasteiger partial charge < -0.3 is 10.4 Å². The summed E-state index contributed by atoms with van der Waals surface area (Å²) in [5, 5.41) is 12.9. The van der Waals surface area contributed by atoms with Gasteiger partial charge in [-0.2, -0.15) is 0 Å². The third kappa shape index (κ3) is 2.50. The highest BCUT2D eigenvalue weighted by Crippen LogP contribution is 2.28. The van der Waals surface area contributed by atoms with E-state index in [1.807, 2.05) is 6.07 Å². The molecule has 0 aromatic carbocycles. The lowest BCUT2D eigenvalue weighted by Crippen LogP contribution is -2.38. The average Bonchev–Trinajstić information content (AvgIpc) is 2.50. The lowest BCUT2D eigenvalue weighted by atomic mass is 10.0. The van der Waals surface area contributed by atoms with E-state index < -0.39 is 5.60 Å². The Bertz CT molecular complexity index is 722. The molecule has 7 heteroatoms. The Kier molecular flexibility index (Phi) is 3.29. The normalized spacial score (nSPS) is 14.5. The number of carbonyl (C=O) groups excluding carboxylic acids is 1. The predicted octanol–water partition coefficient (Wildman–Crippen LogP) is 1.15. The van der Waals surface area contributed by atoms with Crippen molar-refractivity contribution in [1.82, 2.24) is 15.0 Å². The summed E-state index contributed by atoms with van der Waals surface area (Å²) in [6.07, 6.45) is 3.28. The van der Waals surface area contributed by atoms with Crippen LogP contribution in [-0.4, -0.2) is 39.6 Å². The molecule has 7 nitrogen and oxygen atoms in total. The number of hydrogen-bond donors (Lipinski definition) is 2. The maximum atomic E-state index is 11.7. The predicted molar refractivity (Wildman–Crippen MR) is 82.4 cm³/mol. The monoisotopic (exact) mass is 299 g/mol. The number of hydrogen-bond acceptors (Lipinski definition) is 6. The second-order valence-corrected chi connectivity index (χ2v) is 5.72. The first-order chi connectivity index (χ1) is 10.4. The molecule has 0 fully saturated rings. The topological polar surface area (TPSA) is 91.2 Å². The van der Waals surface area contributed by atoms with E-state index >= 15 is 0 Å². The molecule has 0 saturated heterocycles. The first kappa shape index (κ1) is 14.4. The van der Waals surface area contributed by atoms with Gasteiger partial charge in [0.1, 0.15) is 5.60 Å². The van der Waals surface area contributed by atoms with Gasteiger partial charge in [-0.3, -0.25) is 14.7 Å². The number of aromatic nitrogens is 3. The van der Waals surface area contributed by atoms with Gasteiger partial charge in [0, 0.05) is 18.8 Å². The SMILES string of the molecule is CN1C(=O)CNc2ncc(-c3ccc(C(C)(C)O)nc3)nc21. The number of rotatable bonds is 2. The Morgan fingerprint density at radius 3 is 2.68 bits per heavy atom. The summed E-state index contributed by atoms with van der Waals surface area (Å²) in [6.45, 7) is 3.58. The number of pyridine rings is 1.